The first-order valence-corrected chi connectivity index (χ1v) is 9.40. The van der Waals surface area contributed by atoms with Crippen LogP contribution in [-0.4, -0.2) is 36.0 Å². The number of carbonyl (C=O) groups is 1. The molecule has 1 aromatic carbocycles. The molecule has 0 bridgehead atoms. The third-order valence-electron chi connectivity index (χ3n) is 5.00. The Morgan fingerprint density at radius 2 is 2.00 bits per heavy atom. The molecule has 1 aliphatic rings. The van der Waals surface area contributed by atoms with Crippen molar-refractivity contribution in [1.82, 2.24) is 10.2 Å². The molecule has 0 unspecified atom stereocenters. The number of amides is 1. The van der Waals surface area contributed by atoms with Crippen LogP contribution in [0.5, 0.6) is 0 Å². The van der Waals surface area contributed by atoms with Crippen LogP contribution in [0, 0.1) is 6.92 Å². The molecule has 5 heteroatoms. The predicted molar refractivity (Wildman–Crippen MR) is 100 cm³/mol. The maximum Gasteiger partial charge on any atom is 0.287 e. The lowest BCUT2D eigenvalue weighted by Crippen LogP contribution is -2.53. The van der Waals surface area contributed by atoms with E-state index in [2.05, 4.69) is 40.0 Å². The smallest absolute Gasteiger partial charge is 0.287 e. The first-order valence-electron chi connectivity index (χ1n) is 8.60. The third kappa shape index (κ3) is 3.52. The third-order valence-corrected chi connectivity index (χ3v) is 5.49. The van der Waals surface area contributed by atoms with Crippen LogP contribution in [0.4, 0.5) is 0 Å². The number of rotatable bonds is 4. The average molecular weight is 393 g/mol. The van der Waals surface area contributed by atoms with Crippen LogP contribution in [0.25, 0.3) is 11.0 Å². The zero-order chi connectivity index (χ0) is 17.3. The molecule has 3 rings (SSSR count). The molecule has 1 amide bonds. The largest absolute Gasteiger partial charge is 0.451 e. The molecule has 2 aromatic rings. The van der Waals surface area contributed by atoms with E-state index in [9.17, 15) is 4.79 Å². The van der Waals surface area contributed by atoms with E-state index in [-0.39, 0.29) is 11.4 Å². The van der Waals surface area contributed by atoms with Crippen LogP contribution < -0.4 is 5.32 Å². The van der Waals surface area contributed by atoms with E-state index in [1.165, 1.54) is 19.3 Å². The molecule has 24 heavy (non-hydrogen) atoms. The fourth-order valence-electron chi connectivity index (χ4n) is 3.40. The Morgan fingerprint density at radius 3 is 2.71 bits per heavy atom. The molecule has 4 nitrogen and oxygen atoms in total. The molecule has 0 aliphatic carbocycles. The van der Waals surface area contributed by atoms with Gasteiger partial charge in [0.15, 0.2) is 5.76 Å². The number of nitrogens with one attached hydrogen (secondary N) is 1. The predicted octanol–water partition coefficient (Wildman–Crippen LogP) is 4.50. The van der Waals surface area contributed by atoms with Gasteiger partial charge >= 0.3 is 0 Å². The van der Waals surface area contributed by atoms with E-state index in [4.69, 9.17) is 4.42 Å². The van der Waals surface area contributed by atoms with E-state index < -0.39 is 0 Å². The number of halogens is 1. The van der Waals surface area contributed by atoms with Gasteiger partial charge in [-0.1, -0.05) is 22.4 Å². The number of fused-ring (bicyclic) bond motifs is 1. The van der Waals surface area contributed by atoms with Crippen molar-refractivity contribution in [3.05, 3.63) is 34.0 Å². The van der Waals surface area contributed by atoms with E-state index >= 15 is 0 Å². The number of hydrogen-bond donors (Lipinski definition) is 1. The summed E-state index contributed by atoms with van der Waals surface area (Å²) in [5.74, 6) is 0.280. The second-order valence-corrected chi connectivity index (χ2v) is 8.16. The van der Waals surface area contributed by atoms with Crippen LogP contribution in [0.2, 0.25) is 0 Å². The summed E-state index contributed by atoms with van der Waals surface area (Å²) in [4.78, 5) is 15.1. The fraction of sp³-hybridized carbons (Fsp3) is 0.526. The number of hydrogen-bond acceptors (Lipinski definition) is 3. The molecule has 0 atom stereocenters. The highest BCUT2D eigenvalue weighted by Crippen LogP contribution is 2.28. The molecule has 0 saturated carbocycles. The van der Waals surface area contributed by atoms with Crippen LogP contribution in [-0.2, 0) is 0 Å². The second kappa shape index (κ2) is 6.89. The normalized spacial score (nSPS) is 16.5. The molecule has 2 heterocycles. The number of piperidine rings is 1. The van der Waals surface area contributed by atoms with Crippen molar-refractivity contribution in [3.8, 4) is 0 Å². The fourth-order valence-corrected chi connectivity index (χ4v) is 3.76. The van der Waals surface area contributed by atoms with Crippen LogP contribution in [0.1, 0.15) is 49.2 Å². The van der Waals surface area contributed by atoms with Crippen LogP contribution >= 0.6 is 15.9 Å². The standard InChI is InChI=1S/C19H25BrN2O2/c1-13-15-11-14(20)7-8-16(15)24-17(13)18(23)21-12-19(2,3)22-9-5-4-6-10-22/h7-8,11H,4-6,9-10,12H2,1-3H3,(H,21,23). The van der Waals surface area contributed by atoms with E-state index in [1.807, 2.05) is 25.1 Å². The number of benzene rings is 1. The quantitative estimate of drug-likeness (QED) is 0.832. The molecular weight excluding hydrogens is 368 g/mol. The highest BCUT2D eigenvalue weighted by Gasteiger charge is 2.29. The Kier molecular flexibility index (Phi) is 5.02. The van der Waals surface area contributed by atoms with Gasteiger partial charge < -0.3 is 9.73 Å². The summed E-state index contributed by atoms with van der Waals surface area (Å²) in [7, 11) is 0. The van der Waals surface area contributed by atoms with Crippen LogP contribution in [0.3, 0.4) is 0 Å². The molecule has 1 aliphatic heterocycles. The zero-order valence-corrected chi connectivity index (χ0v) is 16.2. The summed E-state index contributed by atoms with van der Waals surface area (Å²) in [6.45, 7) is 9.17. The van der Waals surface area contributed by atoms with Crippen molar-refractivity contribution >= 4 is 32.8 Å². The summed E-state index contributed by atoms with van der Waals surface area (Å²) in [5.41, 5.74) is 1.59. The SMILES string of the molecule is Cc1c(C(=O)NCC(C)(C)N2CCCCC2)oc2ccc(Br)cc12. The molecule has 1 fully saturated rings. The zero-order valence-electron chi connectivity index (χ0n) is 14.6. The van der Waals surface area contributed by atoms with Gasteiger partial charge in [-0.2, -0.15) is 0 Å². The lowest BCUT2D eigenvalue weighted by molar-refractivity contribution is 0.0780. The Bertz CT molecular complexity index is 745. The minimum atomic E-state index is -0.134. The summed E-state index contributed by atoms with van der Waals surface area (Å²) >= 11 is 3.47. The maximum atomic E-state index is 12.6. The minimum absolute atomic E-state index is 0.0426. The lowest BCUT2D eigenvalue weighted by atomic mass is 9.98. The second-order valence-electron chi connectivity index (χ2n) is 7.24. The summed E-state index contributed by atoms with van der Waals surface area (Å²) in [6.07, 6.45) is 3.80. The molecule has 0 spiro atoms. The van der Waals surface area contributed by atoms with E-state index in [0.29, 0.717) is 12.3 Å². The summed E-state index contributed by atoms with van der Waals surface area (Å²) in [6, 6.07) is 5.80. The van der Waals surface area contributed by atoms with Gasteiger partial charge in [-0.3, -0.25) is 9.69 Å². The number of likely N-dealkylation sites (tertiary alicyclic amines) is 1. The molecular formula is C19H25BrN2O2. The van der Waals surface area contributed by atoms with E-state index in [1.54, 1.807) is 0 Å². The van der Waals surface area contributed by atoms with Gasteiger partial charge in [0.05, 0.1) is 0 Å². The van der Waals surface area contributed by atoms with Gasteiger partial charge in [-0.25, -0.2) is 0 Å². The first-order chi connectivity index (χ1) is 11.4. The van der Waals surface area contributed by atoms with Gasteiger partial charge in [-0.05, 0) is 64.9 Å². The Morgan fingerprint density at radius 1 is 1.29 bits per heavy atom. The van der Waals surface area contributed by atoms with Crippen molar-refractivity contribution in [1.29, 1.82) is 0 Å². The number of aryl methyl sites for hydroxylation is 1. The Hall–Kier alpha value is -1.33. The molecule has 130 valence electrons. The topological polar surface area (TPSA) is 45.5 Å². The van der Waals surface area contributed by atoms with Gasteiger partial charge in [0.1, 0.15) is 5.58 Å². The Balaban J connectivity index is 1.72. The maximum absolute atomic E-state index is 12.6. The minimum Gasteiger partial charge on any atom is -0.451 e. The monoisotopic (exact) mass is 392 g/mol. The van der Waals surface area contributed by atoms with Crippen LogP contribution in [0.15, 0.2) is 27.1 Å². The summed E-state index contributed by atoms with van der Waals surface area (Å²) < 4.78 is 6.76. The number of nitrogens with zero attached hydrogens (tertiary/aromatic N) is 1. The number of furan rings is 1. The highest BCUT2D eigenvalue weighted by molar-refractivity contribution is 9.10. The Labute approximate surface area is 151 Å². The van der Waals surface area contributed by atoms with Crippen molar-refractivity contribution < 1.29 is 9.21 Å². The first kappa shape index (κ1) is 17.5. The molecule has 1 aromatic heterocycles. The summed E-state index contributed by atoms with van der Waals surface area (Å²) in [5, 5.41) is 4.04. The molecule has 1 N–H and O–H groups in total. The molecule has 0 radical (unpaired) electrons. The highest BCUT2D eigenvalue weighted by atomic mass is 79.9. The van der Waals surface area contributed by atoms with Crippen molar-refractivity contribution in [3.63, 3.8) is 0 Å². The van der Waals surface area contributed by atoms with Gasteiger partial charge in [0, 0.05) is 27.5 Å². The van der Waals surface area contributed by atoms with Crippen molar-refractivity contribution in [2.45, 2.75) is 45.6 Å². The van der Waals surface area contributed by atoms with Gasteiger partial charge in [0.2, 0.25) is 0 Å². The average Bonchev–Trinajstić information content (AvgIpc) is 2.90. The molecule has 1 saturated heterocycles. The van der Waals surface area contributed by atoms with Gasteiger partial charge in [0.25, 0.3) is 5.91 Å². The van der Waals surface area contributed by atoms with Crippen molar-refractivity contribution in [2.24, 2.45) is 0 Å². The van der Waals surface area contributed by atoms with Gasteiger partial charge in [-0.15, -0.1) is 0 Å². The number of carbonyl (C=O) groups excluding carboxylic acids is 1. The van der Waals surface area contributed by atoms with Crippen molar-refractivity contribution in [2.75, 3.05) is 19.6 Å². The van der Waals surface area contributed by atoms with E-state index in [0.717, 1.165) is 34.1 Å². The lowest BCUT2D eigenvalue weighted by Gasteiger charge is -2.41.